The molecular formula is C21H27N3O4. The molecule has 1 heterocycles. The molecule has 0 amide bonds. The molecule has 0 radical (unpaired) electrons. The van der Waals surface area contributed by atoms with E-state index in [4.69, 9.17) is 9.47 Å². The topological polar surface area (TPSA) is 80.2 Å². The van der Waals surface area contributed by atoms with Crippen molar-refractivity contribution < 1.29 is 19.1 Å². The zero-order chi connectivity index (χ0) is 20.7. The number of dihydropyridines is 1. The molecule has 0 fully saturated rings. The number of benzene rings is 1. The van der Waals surface area contributed by atoms with Gasteiger partial charge in [0.05, 0.1) is 36.6 Å². The summed E-state index contributed by atoms with van der Waals surface area (Å²) in [5.74, 6) is -1.29. The van der Waals surface area contributed by atoms with Crippen molar-refractivity contribution in [3.05, 3.63) is 58.6 Å². The quantitative estimate of drug-likeness (QED) is 0.441. The van der Waals surface area contributed by atoms with Gasteiger partial charge in [-0.05, 0) is 26.3 Å². The summed E-state index contributed by atoms with van der Waals surface area (Å²) in [7, 11) is 3.66. The van der Waals surface area contributed by atoms with Crippen molar-refractivity contribution in [3.63, 3.8) is 0 Å². The minimum Gasteiger partial charge on any atom is -0.463 e. The molecular weight excluding hydrogens is 358 g/mol. The summed E-state index contributed by atoms with van der Waals surface area (Å²) in [5, 5.41) is 3.08. The summed E-state index contributed by atoms with van der Waals surface area (Å²) in [4.78, 5) is 31.8. The van der Waals surface area contributed by atoms with Gasteiger partial charge in [-0.2, -0.15) is 0 Å². The van der Waals surface area contributed by atoms with Gasteiger partial charge in [0, 0.05) is 19.8 Å². The molecule has 150 valence electrons. The average molecular weight is 385 g/mol. The van der Waals surface area contributed by atoms with Crippen LogP contribution >= 0.6 is 0 Å². The van der Waals surface area contributed by atoms with E-state index in [0.29, 0.717) is 17.1 Å². The number of carbonyl (C=O) groups is 2. The minimum absolute atomic E-state index is 0.214. The molecule has 1 unspecified atom stereocenters. The second-order valence-corrected chi connectivity index (χ2v) is 6.42. The number of rotatable bonds is 7. The largest absolute Gasteiger partial charge is 0.463 e. The predicted molar refractivity (Wildman–Crippen MR) is 107 cm³/mol. The van der Waals surface area contributed by atoms with E-state index in [9.17, 15) is 9.59 Å². The Morgan fingerprint density at radius 2 is 1.64 bits per heavy atom. The zero-order valence-electron chi connectivity index (χ0n) is 17.0. The van der Waals surface area contributed by atoms with Crippen LogP contribution in [0.15, 0.2) is 58.0 Å². The first-order valence-electron chi connectivity index (χ1n) is 9.22. The number of ether oxygens (including phenoxy) is 2. The van der Waals surface area contributed by atoms with Crippen LogP contribution in [-0.2, 0) is 19.1 Å². The highest BCUT2D eigenvalue weighted by Crippen LogP contribution is 2.39. The second-order valence-electron chi connectivity index (χ2n) is 6.42. The second kappa shape index (κ2) is 9.73. The van der Waals surface area contributed by atoms with Crippen molar-refractivity contribution in [1.82, 2.24) is 10.2 Å². The normalized spacial score (nSPS) is 16.8. The van der Waals surface area contributed by atoms with Crippen molar-refractivity contribution in [3.8, 4) is 0 Å². The van der Waals surface area contributed by atoms with Crippen molar-refractivity contribution in [2.75, 3.05) is 27.3 Å². The first kappa shape index (κ1) is 21.2. The fourth-order valence-corrected chi connectivity index (χ4v) is 2.97. The first-order valence-corrected chi connectivity index (χ1v) is 9.22. The van der Waals surface area contributed by atoms with Gasteiger partial charge in [-0.25, -0.2) is 14.6 Å². The maximum atomic E-state index is 12.9. The number of allylic oxidation sites excluding steroid dienone is 1. The smallest absolute Gasteiger partial charge is 0.338 e. The zero-order valence-corrected chi connectivity index (χ0v) is 17.0. The fourth-order valence-electron chi connectivity index (χ4n) is 2.97. The van der Waals surface area contributed by atoms with Crippen LogP contribution in [0.25, 0.3) is 0 Å². The molecule has 7 nitrogen and oxygen atoms in total. The predicted octanol–water partition coefficient (Wildman–Crippen LogP) is 2.58. The number of nitrogens with zero attached hydrogens (tertiary/aromatic N) is 2. The number of esters is 2. The number of hydrogen-bond donors (Lipinski definition) is 1. The molecule has 0 spiro atoms. The lowest BCUT2D eigenvalue weighted by atomic mass is 9.81. The highest BCUT2D eigenvalue weighted by atomic mass is 16.5. The Kier molecular flexibility index (Phi) is 7.37. The van der Waals surface area contributed by atoms with Crippen LogP contribution in [0.4, 0.5) is 0 Å². The maximum absolute atomic E-state index is 12.9. The van der Waals surface area contributed by atoms with E-state index < -0.39 is 17.9 Å². The molecule has 1 aromatic carbocycles. The van der Waals surface area contributed by atoms with Crippen LogP contribution in [0.5, 0.6) is 0 Å². The van der Waals surface area contributed by atoms with Gasteiger partial charge in [-0.15, -0.1) is 0 Å². The van der Waals surface area contributed by atoms with Crippen LogP contribution in [0.2, 0.25) is 0 Å². The van der Waals surface area contributed by atoms with E-state index in [1.54, 1.807) is 32.0 Å². The lowest BCUT2D eigenvalue weighted by Crippen LogP contribution is -2.33. The van der Waals surface area contributed by atoms with Gasteiger partial charge < -0.3 is 19.7 Å². The highest BCUT2D eigenvalue weighted by molar-refractivity contribution is 6.00. The van der Waals surface area contributed by atoms with E-state index in [0.717, 1.165) is 5.56 Å². The molecule has 1 aliphatic rings. The number of aliphatic imine (C=N–C) groups is 1. The van der Waals surface area contributed by atoms with Gasteiger partial charge in [-0.1, -0.05) is 30.3 Å². The molecule has 0 aliphatic carbocycles. The minimum atomic E-state index is -0.644. The van der Waals surface area contributed by atoms with Crippen molar-refractivity contribution in [2.45, 2.75) is 26.7 Å². The summed E-state index contributed by atoms with van der Waals surface area (Å²) in [6.45, 7) is 5.71. The lowest BCUT2D eigenvalue weighted by molar-refractivity contribution is -0.139. The van der Waals surface area contributed by atoms with Crippen LogP contribution < -0.4 is 5.32 Å². The number of hydrogen-bond acceptors (Lipinski definition) is 6. The molecule has 0 aromatic heterocycles. The average Bonchev–Trinajstić information content (AvgIpc) is 2.66. The van der Waals surface area contributed by atoms with Crippen molar-refractivity contribution >= 4 is 18.3 Å². The molecule has 1 atom stereocenters. The fraction of sp³-hybridized carbons (Fsp3) is 0.381. The summed E-state index contributed by atoms with van der Waals surface area (Å²) in [6.07, 6.45) is 1.59. The molecule has 0 saturated carbocycles. The molecule has 7 heteroatoms. The van der Waals surface area contributed by atoms with E-state index in [-0.39, 0.29) is 18.8 Å². The van der Waals surface area contributed by atoms with Gasteiger partial charge >= 0.3 is 11.9 Å². The third kappa shape index (κ3) is 4.79. The molecule has 28 heavy (non-hydrogen) atoms. The maximum Gasteiger partial charge on any atom is 0.338 e. The monoisotopic (exact) mass is 385 g/mol. The Bertz CT molecular complexity index is 810. The first-order chi connectivity index (χ1) is 13.4. The molecule has 1 aliphatic heterocycles. The SMILES string of the molecule is CCOC(=O)C1=C(C)NC(N=CN(C)C)=C(C(=O)OCC)C1c1ccccc1. The van der Waals surface area contributed by atoms with Crippen molar-refractivity contribution in [2.24, 2.45) is 4.99 Å². The molecule has 1 aromatic rings. The Balaban J connectivity index is 2.70. The van der Waals surface area contributed by atoms with E-state index in [1.807, 2.05) is 44.4 Å². The van der Waals surface area contributed by atoms with Crippen LogP contribution in [0.1, 0.15) is 32.3 Å². The van der Waals surface area contributed by atoms with E-state index in [1.165, 1.54) is 0 Å². The summed E-state index contributed by atoms with van der Waals surface area (Å²) < 4.78 is 10.6. The van der Waals surface area contributed by atoms with Crippen molar-refractivity contribution in [1.29, 1.82) is 0 Å². The standard InChI is InChI=1S/C21H27N3O4/c1-6-27-20(25)16-14(3)23-19(22-13-24(4)5)18(21(26)28-7-2)17(16)15-11-9-8-10-12-15/h8-13,17,23H,6-7H2,1-5H3. The Morgan fingerprint density at radius 3 is 2.18 bits per heavy atom. The van der Waals surface area contributed by atoms with Gasteiger partial charge in [0.1, 0.15) is 5.82 Å². The van der Waals surface area contributed by atoms with Crippen LogP contribution in [-0.4, -0.2) is 50.5 Å². The number of carbonyl (C=O) groups excluding carboxylic acids is 2. The Morgan fingerprint density at radius 1 is 1.07 bits per heavy atom. The van der Waals surface area contributed by atoms with E-state index in [2.05, 4.69) is 10.3 Å². The van der Waals surface area contributed by atoms with Gasteiger partial charge in [0.15, 0.2) is 0 Å². The van der Waals surface area contributed by atoms with E-state index >= 15 is 0 Å². The Labute approximate surface area is 165 Å². The molecule has 0 saturated heterocycles. The lowest BCUT2D eigenvalue weighted by Gasteiger charge is -2.30. The highest BCUT2D eigenvalue weighted by Gasteiger charge is 2.39. The van der Waals surface area contributed by atoms with Crippen LogP contribution in [0.3, 0.4) is 0 Å². The molecule has 2 rings (SSSR count). The number of nitrogens with one attached hydrogen (secondary N) is 1. The molecule has 0 bridgehead atoms. The molecule has 1 N–H and O–H groups in total. The van der Waals surface area contributed by atoms with Gasteiger partial charge in [0.25, 0.3) is 0 Å². The van der Waals surface area contributed by atoms with Crippen LogP contribution in [0, 0.1) is 0 Å². The third-order valence-corrected chi connectivity index (χ3v) is 4.08. The summed E-state index contributed by atoms with van der Waals surface area (Å²) in [6, 6.07) is 9.34. The van der Waals surface area contributed by atoms with Gasteiger partial charge in [-0.3, -0.25) is 0 Å². The third-order valence-electron chi connectivity index (χ3n) is 4.08. The van der Waals surface area contributed by atoms with Gasteiger partial charge in [0.2, 0.25) is 0 Å². The summed E-state index contributed by atoms with van der Waals surface area (Å²) in [5.41, 5.74) is 2.03. The Hall–Kier alpha value is -3.09. The summed E-state index contributed by atoms with van der Waals surface area (Å²) >= 11 is 0.